The zero-order valence-corrected chi connectivity index (χ0v) is 12.0. The molecule has 0 spiro atoms. The third-order valence-electron chi connectivity index (χ3n) is 2.76. The highest BCUT2D eigenvalue weighted by atomic mass is 16.4. The van der Waals surface area contributed by atoms with Gasteiger partial charge in [-0.1, -0.05) is 20.8 Å². The summed E-state index contributed by atoms with van der Waals surface area (Å²) >= 11 is 0. The van der Waals surface area contributed by atoms with Crippen molar-refractivity contribution in [1.29, 1.82) is 0 Å². The minimum atomic E-state index is -0.922. The number of nitrogens with one attached hydrogen (secondary N) is 2. The number of aliphatic carboxylic acids is 1. The lowest BCUT2D eigenvalue weighted by molar-refractivity contribution is -0.138. The molecule has 0 bridgehead atoms. The van der Waals surface area contributed by atoms with Crippen LogP contribution < -0.4 is 10.6 Å². The van der Waals surface area contributed by atoms with E-state index < -0.39 is 12.0 Å². The highest BCUT2D eigenvalue weighted by Gasteiger charge is 2.28. The normalized spacial score (nSPS) is 12.3. The lowest BCUT2D eigenvalue weighted by Crippen LogP contribution is -2.49. The Morgan fingerprint density at radius 2 is 1.95 bits per heavy atom. The minimum absolute atomic E-state index is 0.0893. The first-order valence-electron chi connectivity index (χ1n) is 6.47. The van der Waals surface area contributed by atoms with E-state index in [1.165, 1.54) is 0 Å². The van der Waals surface area contributed by atoms with E-state index in [-0.39, 0.29) is 17.9 Å². The second kappa shape index (κ2) is 8.41. The number of carboxylic acid groups (broad SMARTS) is 1. The fourth-order valence-electron chi connectivity index (χ4n) is 1.51. The van der Waals surface area contributed by atoms with Gasteiger partial charge in [0.05, 0.1) is 6.42 Å². The topological polar surface area (TPSA) is 78.4 Å². The number of rotatable bonds is 7. The molecule has 3 N–H and O–H groups in total. The van der Waals surface area contributed by atoms with Crippen LogP contribution in [-0.2, 0) is 4.79 Å². The molecule has 19 heavy (non-hydrogen) atoms. The van der Waals surface area contributed by atoms with Crippen LogP contribution in [0.5, 0.6) is 0 Å². The zero-order valence-electron chi connectivity index (χ0n) is 12.0. The fraction of sp³-hybridized carbons (Fsp3) is 0.714. The molecule has 0 aromatic heterocycles. The largest absolute Gasteiger partial charge is 0.481 e. The molecule has 0 aromatic rings. The smallest absolute Gasteiger partial charge is 0.315 e. The monoisotopic (exact) mass is 268 g/mol. The van der Waals surface area contributed by atoms with Gasteiger partial charge in [0.25, 0.3) is 0 Å². The lowest BCUT2D eigenvalue weighted by Gasteiger charge is -2.30. The Morgan fingerprint density at radius 1 is 1.32 bits per heavy atom. The Kier molecular flexibility index (Phi) is 7.66. The highest BCUT2D eigenvalue weighted by molar-refractivity contribution is 5.75. The Morgan fingerprint density at radius 3 is 2.42 bits per heavy atom. The van der Waals surface area contributed by atoms with Gasteiger partial charge in [-0.2, -0.15) is 0 Å². The summed E-state index contributed by atoms with van der Waals surface area (Å²) in [4.78, 5) is 22.4. The van der Waals surface area contributed by atoms with Crippen LogP contribution in [0.4, 0.5) is 4.79 Å². The van der Waals surface area contributed by atoms with Crippen LogP contribution in [0.25, 0.3) is 0 Å². The van der Waals surface area contributed by atoms with Crippen molar-refractivity contribution in [3.8, 4) is 12.3 Å². The van der Waals surface area contributed by atoms with Crippen molar-refractivity contribution >= 4 is 12.0 Å². The van der Waals surface area contributed by atoms with Crippen molar-refractivity contribution in [2.45, 2.75) is 52.5 Å². The number of urea groups is 1. The lowest BCUT2D eigenvalue weighted by atomic mass is 9.85. The molecule has 0 aromatic carbocycles. The molecule has 0 aliphatic rings. The number of carbonyl (C=O) groups excluding carboxylic acids is 1. The first-order chi connectivity index (χ1) is 8.77. The summed E-state index contributed by atoms with van der Waals surface area (Å²) in [5.41, 5.74) is -0.306. The summed E-state index contributed by atoms with van der Waals surface area (Å²) in [7, 11) is 0. The Bertz CT molecular complexity index is 340. The summed E-state index contributed by atoms with van der Waals surface area (Å²) < 4.78 is 0. The molecule has 5 heteroatoms. The predicted molar refractivity (Wildman–Crippen MR) is 74.7 cm³/mol. The van der Waals surface area contributed by atoms with E-state index in [1.807, 2.05) is 20.8 Å². The number of terminal acetylenes is 1. The molecule has 0 radical (unpaired) electrons. The summed E-state index contributed by atoms with van der Waals surface area (Å²) in [5.74, 6) is 1.61. The molecule has 108 valence electrons. The molecule has 0 rings (SSSR count). The standard InChI is InChI=1S/C14H24N2O3/c1-5-6-7-8-9-15-13(19)16-11(10-12(17)18)14(2,3)4/h1,11H,6-10H2,2-4H3,(H,17,18)(H2,15,16,19). The van der Waals surface area contributed by atoms with E-state index in [4.69, 9.17) is 11.5 Å². The number of hydrogen-bond acceptors (Lipinski definition) is 2. The van der Waals surface area contributed by atoms with Gasteiger partial charge in [-0.15, -0.1) is 12.3 Å². The van der Waals surface area contributed by atoms with Crippen molar-refractivity contribution in [3.05, 3.63) is 0 Å². The molecular weight excluding hydrogens is 244 g/mol. The molecule has 0 aliphatic heterocycles. The molecule has 5 nitrogen and oxygen atoms in total. The molecule has 0 heterocycles. The molecule has 2 amide bonds. The van der Waals surface area contributed by atoms with Gasteiger partial charge in [0, 0.05) is 19.0 Å². The van der Waals surface area contributed by atoms with E-state index in [2.05, 4.69) is 16.6 Å². The van der Waals surface area contributed by atoms with E-state index >= 15 is 0 Å². The molecule has 0 saturated heterocycles. The van der Waals surface area contributed by atoms with E-state index in [1.54, 1.807) is 0 Å². The summed E-state index contributed by atoms with van der Waals surface area (Å²) in [6, 6.07) is -0.738. The van der Waals surface area contributed by atoms with Crippen molar-refractivity contribution in [3.63, 3.8) is 0 Å². The van der Waals surface area contributed by atoms with Gasteiger partial charge < -0.3 is 15.7 Å². The van der Waals surface area contributed by atoms with Gasteiger partial charge >= 0.3 is 12.0 Å². The van der Waals surface area contributed by atoms with Gasteiger partial charge in [-0.05, 0) is 18.3 Å². The Labute approximate surface area is 115 Å². The van der Waals surface area contributed by atoms with Gasteiger partial charge in [0.1, 0.15) is 0 Å². The van der Waals surface area contributed by atoms with Crippen molar-refractivity contribution in [2.75, 3.05) is 6.54 Å². The molecule has 1 atom stereocenters. The SMILES string of the molecule is C#CCCCCNC(=O)NC(CC(=O)O)C(C)(C)C. The number of unbranched alkanes of at least 4 members (excludes halogenated alkanes) is 2. The first-order valence-corrected chi connectivity index (χ1v) is 6.47. The number of hydrogen-bond donors (Lipinski definition) is 3. The summed E-state index contributed by atoms with van der Waals surface area (Å²) in [6.45, 7) is 6.23. The second-order valence-corrected chi connectivity index (χ2v) is 5.58. The quantitative estimate of drug-likeness (QED) is 0.488. The van der Waals surface area contributed by atoms with Crippen LogP contribution in [0.3, 0.4) is 0 Å². The third kappa shape index (κ3) is 8.95. The van der Waals surface area contributed by atoms with Crippen LogP contribution >= 0.6 is 0 Å². The van der Waals surface area contributed by atoms with E-state index in [0.29, 0.717) is 13.0 Å². The van der Waals surface area contributed by atoms with E-state index in [0.717, 1.165) is 12.8 Å². The van der Waals surface area contributed by atoms with Crippen molar-refractivity contribution < 1.29 is 14.7 Å². The second-order valence-electron chi connectivity index (χ2n) is 5.58. The molecule has 0 fully saturated rings. The minimum Gasteiger partial charge on any atom is -0.481 e. The molecular formula is C14H24N2O3. The average molecular weight is 268 g/mol. The number of carboxylic acids is 1. The van der Waals surface area contributed by atoms with Crippen LogP contribution in [-0.4, -0.2) is 29.7 Å². The van der Waals surface area contributed by atoms with Crippen LogP contribution in [0.2, 0.25) is 0 Å². The highest BCUT2D eigenvalue weighted by Crippen LogP contribution is 2.21. The van der Waals surface area contributed by atoms with Gasteiger partial charge in [-0.25, -0.2) is 4.79 Å². The Hall–Kier alpha value is -1.70. The van der Waals surface area contributed by atoms with Crippen LogP contribution in [0.15, 0.2) is 0 Å². The van der Waals surface area contributed by atoms with Gasteiger partial charge in [0.2, 0.25) is 0 Å². The van der Waals surface area contributed by atoms with Gasteiger partial charge in [-0.3, -0.25) is 4.79 Å². The molecule has 0 aliphatic carbocycles. The molecule has 1 unspecified atom stereocenters. The zero-order chi connectivity index (χ0) is 14.9. The van der Waals surface area contributed by atoms with Crippen molar-refractivity contribution in [1.82, 2.24) is 10.6 Å². The van der Waals surface area contributed by atoms with Crippen molar-refractivity contribution in [2.24, 2.45) is 5.41 Å². The summed E-state index contributed by atoms with van der Waals surface area (Å²) in [6.07, 6.45) is 7.42. The maximum Gasteiger partial charge on any atom is 0.315 e. The molecule has 0 saturated carbocycles. The first kappa shape index (κ1) is 17.3. The summed E-state index contributed by atoms with van der Waals surface area (Å²) in [5, 5.41) is 14.3. The predicted octanol–water partition coefficient (Wildman–Crippen LogP) is 1.98. The van der Waals surface area contributed by atoms with Crippen LogP contribution in [0.1, 0.15) is 46.5 Å². The maximum absolute atomic E-state index is 11.7. The average Bonchev–Trinajstić information content (AvgIpc) is 2.26. The van der Waals surface area contributed by atoms with Gasteiger partial charge in [0.15, 0.2) is 0 Å². The fourth-order valence-corrected chi connectivity index (χ4v) is 1.51. The maximum atomic E-state index is 11.7. The Balaban J connectivity index is 4.11. The number of carbonyl (C=O) groups is 2. The van der Waals surface area contributed by atoms with E-state index in [9.17, 15) is 9.59 Å². The third-order valence-corrected chi connectivity index (χ3v) is 2.76. The van der Waals surface area contributed by atoms with Crippen LogP contribution in [0, 0.1) is 17.8 Å². The number of amides is 2.